The monoisotopic (exact) mass is 163 g/mol. The van der Waals surface area contributed by atoms with Gasteiger partial charge in [0.15, 0.2) is 0 Å². The number of rotatable bonds is 4. The van der Waals surface area contributed by atoms with Gasteiger partial charge in [0.25, 0.3) is 0 Å². The lowest BCUT2D eigenvalue weighted by Gasteiger charge is -2.00. The first-order chi connectivity index (χ1) is 5.95. The highest BCUT2D eigenvalue weighted by Crippen LogP contribution is 2.18. The van der Waals surface area contributed by atoms with Gasteiger partial charge in [0.1, 0.15) is 0 Å². The summed E-state index contributed by atoms with van der Waals surface area (Å²) < 4.78 is 0. The first kappa shape index (κ1) is 7.68. The molecule has 0 aliphatic heterocycles. The van der Waals surface area contributed by atoms with E-state index >= 15 is 0 Å². The summed E-state index contributed by atoms with van der Waals surface area (Å²) in [5.74, 6) is 0. The van der Waals surface area contributed by atoms with Gasteiger partial charge in [-0.3, -0.25) is 9.97 Å². The maximum Gasteiger partial charge on any atom is 0.0599 e. The van der Waals surface area contributed by atoms with Gasteiger partial charge in [0.05, 0.1) is 5.69 Å². The van der Waals surface area contributed by atoms with Gasteiger partial charge in [-0.25, -0.2) is 0 Å². The molecule has 64 valence electrons. The number of hydrogen-bond donors (Lipinski definition) is 1. The minimum atomic E-state index is 0.793. The van der Waals surface area contributed by atoms with Crippen LogP contribution in [0.25, 0.3) is 0 Å². The van der Waals surface area contributed by atoms with Gasteiger partial charge < -0.3 is 5.32 Å². The van der Waals surface area contributed by atoms with Crippen molar-refractivity contribution in [3.8, 4) is 0 Å². The van der Waals surface area contributed by atoms with Gasteiger partial charge in [-0.05, 0) is 12.8 Å². The van der Waals surface area contributed by atoms with Crippen LogP contribution < -0.4 is 5.32 Å². The van der Waals surface area contributed by atoms with E-state index in [-0.39, 0.29) is 0 Å². The van der Waals surface area contributed by atoms with E-state index in [0.717, 1.165) is 24.7 Å². The predicted molar refractivity (Wildman–Crippen MR) is 46.8 cm³/mol. The maximum absolute atomic E-state index is 4.19. The SMILES string of the molecule is c1cnc(CCNC2CC2)cn1. The summed E-state index contributed by atoms with van der Waals surface area (Å²) in [7, 11) is 0. The summed E-state index contributed by atoms with van der Waals surface area (Å²) in [5.41, 5.74) is 1.07. The minimum Gasteiger partial charge on any atom is -0.314 e. The topological polar surface area (TPSA) is 37.8 Å². The molecule has 0 spiro atoms. The smallest absolute Gasteiger partial charge is 0.0599 e. The summed E-state index contributed by atoms with van der Waals surface area (Å²) in [6.45, 7) is 1.03. The Morgan fingerprint density at radius 1 is 1.42 bits per heavy atom. The van der Waals surface area contributed by atoms with Crippen molar-refractivity contribution in [3.05, 3.63) is 24.3 Å². The third kappa shape index (κ3) is 2.27. The van der Waals surface area contributed by atoms with E-state index in [1.54, 1.807) is 12.4 Å². The molecule has 3 nitrogen and oxygen atoms in total. The second-order valence-electron chi connectivity index (χ2n) is 3.18. The summed E-state index contributed by atoms with van der Waals surface area (Å²) >= 11 is 0. The van der Waals surface area contributed by atoms with Crippen LogP contribution in [-0.2, 0) is 6.42 Å². The Morgan fingerprint density at radius 3 is 3.00 bits per heavy atom. The van der Waals surface area contributed by atoms with Crippen LogP contribution in [0.2, 0.25) is 0 Å². The lowest BCUT2D eigenvalue weighted by atomic mass is 10.3. The van der Waals surface area contributed by atoms with Crippen LogP contribution in [0.5, 0.6) is 0 Å². The number of nitrogens with one attached hydrogen (secondary N) is 1. The Labute approximate surface area is 72.2 Å². The maximum atomic E-state index is 4.19. The largest absolute Gasteiger partial charge is 0.314 e. The van der Waals surface area contributed by atoms with E-state index in [1.807, 2.05) is 6.20 Å². The molecule has 1 saturated carbocycles. The number of nitrogens with zero attached hydrogens (tertiary/aromatic N) is 2. The third-order valence-electron chi connectivity index (χ3n) is 2.01. The number of aromatic nitrogens is 2. The second kappa shape index (κ2) is 3.63. The molecular formula is C9H13N3. The van der Waals surface area contributed by atoms with Gasteiger partial charge in [-0.15, -0.1) is 0 Å². The molecule has 1 aromatic rings. The Morgan fingerprint density at radius 2 is 2.33 bits per heavy atom. The van der Waals surface area contributed by atoms with Crippen LogP contribution in [0.1, 0.15) is 18.5 Å². The summed E-state index contributed by atoms with van der Waals surface area (Å²) in [6.07, 6.45) is 8.96. The normalized spacial score (nSPS) is 16.3. The zero-order valence-electron chi connectivity index (χ0n) is 7.03. The molecule has 0 aromatic carbocycles. The minimum absolute atomic E-state index is 0.793. The first-order valence-corrected chi connectivity index (χ1v) is 4.43. The molecule has 0 atom stereocenters. The molecule has 1 aliphatic rings. The molecule has 0 unspecified atom stereocenters. The van der Waals surface area contributed by atoms with Crippen LogP contribution in [0.3, 0.4) is 0 Å². The zero-order valence-corrected chi connectivity index (χ0v) is 7.03. The van der Waals surface area contributed by atoms with Crippen LogP contribution in [0.4, 0.5) is 0 Å². The fraction of sp³-hybridized carbons (Fsp3) is 0.556. The number of hydrogen-bond acceptors (Lipinski definition) is 3. The predicted octanol–water partition coefficient (Wildman–Crippen LogP) is 0.771. The van der Waals surface area contributed by atoms with Crippen molar-refractivity contribution in [3.63, 3.8) is 0 Å². The van der Waals surface area contributed by atoms with E-state index in [1.165, 1.54) is 12.8 Å². The molecule has 3 heteroatoms. The fourth-order valence-electron chi connectivity index (χ4n) is 1.15. The lowest BCUT2D eigenvalue weighted by Crippen LogP contribution is -2.19. The summed E-state index contributed by atoms with van der Waals surface area (Å²) in [6, 6.07) is 0.793. The molecule has 0 saturated heterocycles. The van der Waals surface area contributed by atoms with Crippen molar-refractivity contribution in [2.45, 2.75) is 25.3 Å². The van der Waals surface area contributed by atoms with Crippen molar-refractivity contribution < 1.29 is 0 Å². The average Bonchev–Trinajstić information content (AvgIpc) is 2.90. The average molecular weight is 163 g/mol. The van der Waals surface area contributed by atoms with E-state index in [9.17, 15) is 0 Å². The van der Waals surface area contributed by atoms with Gasteiger partial charge >= 0.3 is 0 Å². The van der Waals surface area contributed by atoms with E-state index in [4.69, 9.17) is 0 Å². The molecule has 1 N–H and O–H groups in total. The van der Waals surface area contributed by atoms with Gasteiger partial charge in [-0.1, -0.05) is 0 Å². The molecule has 12 heavy (non-hydrogen) atoms. The van der Waals surface area contributed by atoms with Gasteiger partial charge in [0.2, 0.25) is 0 Å². The van der Waals surface area contributed by atoms with E-state index in [0.29, 0.717) is 0 Å². The Balaban J connectivity index is 1.72. The molecule has 0 amide bonds. The Bertz CT molecular complexity index is 231. The molecule has 1 fully saturated rings. The van der Waals surface area contributed by atoms with Crippen molar-refractivity contribution in [2.75, 3.05) is 6.54 Å². The highest BCUT2D eigenvalue weighted by molar-refractivity contribution is 4.95. The highest BCUT2D eigenvalue weighted by atomic mass is 14.9. The van der Waals surface area contributed by atoms with Crippen molar-refractivity contribution in [1.29, 1.82) is 0 Å². The van der Waals surface area contributed by atoms with Crippen molar-refractivity contribution >= 4 is 0 Å². The molecular weight excluding hydrogens is 150 g/mol. The van der Waals surface area contributed by atoms with Crippen molar-refractivity contribution in [1.82, 2.24) is 15.3 Å². The second-order valence-corrected chi connectivity index (χ2v) is 3.18. The van der Waals surface area contributed by atoms with Crippen LogP contribution in [0, 0.1) is 0 Å². The molecule has 2 rings (SSSR count). The summed E-state index contributed by atoms with van der Waals surface area (Å²) in [4.78, 5) is 8.20. The van der Waals surface area contributed by atoms with E-state index < -0.39 is 0 Å². The Kier molecular flexibility index (Phi) is 2.32. The molecule has 1 aliphatic carbocycles. The molecule has 0 radical (unpaired) electrons. The van der Waals surface area contributed by atoms with Gasteiger partial charge in [0, 0.05) is 37.6 Å². The fourth-order valence-corrected chi connectivity index (χ4v) is 1.15. The van der Waals surface area contributed by atoms with Crippen LogP contribution in [-0.4, -0.2) is 22.6 Å². The first-order valence-electron chi connectivity index (χ1n) is 4.43. The highest BCUT2D eigenvalue weighted by Gasteiger charge is 2.19. The zero-order chi connectivity index (χ0) is 8.23. The molecule has 0 bridgehead atoms. The Hall–Kier alpha value is -0.960. The standard InChI is InChI=1S/C9H13N3/c1-2-8(1)11-4-3-9-7-10-5-6-12-9/h5-8,11H,1-4H2. The van der Waals surface area contributed by atoms with Crippen LogP contribution in [0.15, 0.2) is 18.6 Å². The van der Waals surface area contributed by atoms with E-state index in [2.05, 4.69) is 15.3 Å². The lowest BCUT2D eigenvalue weighted by molar-refractivity contribution is 0.674. The van der Waals surface area contributed by atoms with Gasteiger partial charge in [-0.2, -0.15) is 0 Å². The summed E-state index contributed by atoms with van der Waals surface area (Å²) in [5, 5.41) is 3.44. The van der Waals surface area contributed by atoms with Crippen LogP contribution >= 0.6 is 0 Å². The molecule has 1 aromatic heterocycles. The van der Waals surface area contributed by atoms with Crippen molar-refractivity contribution in [2.24, 2.45) is 0 Å². The third-order valence-corrected chi connectivity index (χ3v) is 2.01. The quantitative estimate of drug-likeness (QED) is 0.712. The molecule has 1 heterocycles.